The first-order valence-corrected chi connectivity index (χ1v) is 7.46. The standard InChI is InChI=1S/C14H28N2O2/c1-17-11-12-18-10-4-9-16-8-3-6-14(16)13-5-2-7-15-13/h13-15H,2-12H2,1H3. The Balaban J connectivity index is 1.59. The average Bonchev–Trinajstić information content (AvgIpc) is 3.03. The largest absolute Gasteiger partial charge is 0.382 e. The third kappa shape index (κ3) is 4.19. The summed E-state index contributed by atoms with van der Waals surface area (Å²) in [6.07, 6.45) is 6.61. The second-order valence-corrected chi connectivity index (χ2v) is 5.41. The summed E-state index contributed by atoms with van der Waals surface area (Å²) >= 11 is 0. The van der Waals surface area contributed by atoms with Crippen molar-refractivity contribution in [3.8, 4) is 0 Å². The van der Waals surface area contributed by atoms with Crippen molar-refractivity contribution in [2.75, 3.05) is 46.6 Å². The smallest absolute Gasteiger partial charge is 0.0700 e. The second-order valence-electron chi connectivity index (χ2n) is 5.41. The molecular formula is C14H28N2O2. The van der Waals surface area contributed by atoms with Crippen LogP contribution in [0, 0.1) is 0 Å². The van der Waals surface area contributed by atoms with Gasteiger partial charge in [0.15, 0.2) is 0 Å². The normalized spacial score (nSPS) is 29.2. The molecule has 18 heavy (non-hydrogen) atoms. The maximum Gasteiger partial charge on any atom is 0.0700 e. The van der Waals surface area contributed by atoms with E-state index in [1.165, 1.54) is 45.3 Å². The predicted molar refractivity (Wildman–Crippen MR) is 72.9 cm³/mol. The third-order valence-corrected chi connectivity index (χ3v) is 4.14. The maximum atomic E-state index is 5.53. The number of likely N-dealkylation sites (tertiary alicyclic amines) is 1. The van der Waals surface area contributed by atoms with Gasteiger partial charge in [-0.3, -0.25) is 4.90 Å². The van der Waals surface area contributed by atoms with Gasteiger partial charge in [0, 0.05) is 32.3 Å². The molecule has 2 unspecified atom stereocenters. The van der Waals surface area contributed by atoms with E-state index in [1.54, 1.807) is 7.11 Å². The van der Waals surface area contributed by atoms with E-state index in [4.69, 9.17) is 9.47 Å². The quantitative estimate of drug-likeness (QED) is 0.663. The van der Waals surface area contributed by atoms with Crippen LogP contribution in [0.4, 0.5) is 0 Å². The Morgan fingerprint density at radius 2 is 2.11 bits per heavy atom. The Morgan fingerprint density at radius 1 is 1.17 bits per heavy atom. The fourth-order valence-electron chi connectivity index (χ4n) is 3.24. The van der Waals surface area contributed by atoms with Crippen LogP contribution < -0.4 is 5.32 Å². The molecule has 0 bridgehead atoms. The molecule has 106 valence electrons. The average molecular weight is 256 g/mol. The van der Waals surface area contributed by atoms with Crippen LogP contribution in [-0.4, -0.2) is 63.5 Å². The Kier molecular flexibility index (Phi) is 6.41. The number of methoxy groups -OCH3 is 1. The van der Waals surface area contributed by atoms with E-state index in [1.807, 2.05) is 0 Å². The molecule has 0 aromatic rings. The lowest BCUT2D eigenvalue weighted by atomic mass is 10.0. The minimum absolute atomic E-state index is 0.707. The van der Waals surface area contributed by atoms with E-state index < -0.39 is 0 Å². The zero-order chi connectivity index (χ0) is 12.6. The fourth-order valence-corrected chi connectivity index (χ4v) is 3.24. The van der Waals surface area contributed by atoms with Gasteiger partial charge in [0.2, 0.25) is 0 Å². The molecule has 0 saturated carbocycles. The molecule has 2 fully saturated rings. The molecule has 2 rings (SSSR count). The lowest BCUT2D eigenvalue weighted by Crippen LogP contribution is -2.44. The van der Waals surface area contributed by atoms with E-state index in [0.29, 0.717) is 6.61 Å². The highest BCUT2D eigenvalue weighted by Crippen LogP contribution is 2.24. The summed E-state index contributed by atoms with van der Waals surface area (Å²) in [4.78, 5) is 2.67. The van der Waals surface area contributed by atoms with E-state index in [-0.39, 0.29) is 0 Å². The summed E-state index contributed by atoms with van der Waals surface area (Å²) in [5.41, 5.74) is 0. The molecule has 0 aromatic carbocycles. The first kappa shape index (κ1) is 14.3. The van der Waals surface area contributed by atoms with Crippen LogP contribution in [0.5, 0.6) is 0 Å². The minimum Gasteiger partial charge on any atom is -0.382 e. The number of rotatable bonds is 8. The Labute approximate surface area is 111 Å². The number of hydrogen-bond donors (Lipinski definition) is 1. The second kappa shape index (κ2) is 8.10. The minimum atomic E-state index is 0.707. The van der Waals surface area contributed by atoms with Crippen molar-refractivity contribution >= 4 is 0 Å². The Hall–Kier alpha value is -0.160. The Bertz CT molecular complexity index is 220. The van der Waals surface area contributed by atoms with Crippen molar-refractivity contribution in [2.24, 2.45) is 0 Å². The highest BCUT2D eigenvalue weighted by Gasteiger charge is 2.32. The van der Waals surface area contributed by atoms with Crippen molar-refractivity contribution < 1.29 is 9.47 Å². The number of nitrogens with one attached hydrogen (secondary N) is 1. The van der Waals surface area contributed by atoms with E-state index in [9.17, 15) is 0 Å². The lowest BCUT2D eigenvalue weighted by Gasteiger charge is -2.29. The zero-order valence-electron chi connectivity index (χ0n) is 11.7. The summed E-state index contributed by atoms with van der Waals surface area (Å²) < 4.78 is 10.5. The lowest BCUT2D eigenvalue weighted by molar-refractivity contribution is 0.0638. The molecule has 4 heteroatoms. The van der Waals surface area contributed by atoms with Gasteiger partial charge >= 0.3 is 0 Å². The summed E-state index contributed by atoms with van der Waals surface area (Å²) in [6.45, 7) is 5.99. The van der Waals surface area contributed by atoms with Crippen LogP contribution in [-0.2, 0) is 9.47 Å². The molecule has 4 nitrogen and oxygen atoms in total. The molecule has 2 aliphatic heterocycles. The summed E-state index contributed by atoms with van der Waals surface area (Å²) in [5.74, 6) is 0. The fraction of sp³-hybridized carbons (Fsp3) is 1.00. The molecule has 0 spiro atoms. The first-order valence-electron chi connectivity index (χ1n) is 7.46. The maximum absolute atomic E-state index is 5.53. The molecule has 0 radical (unpaired) electrons. The van der Waals surface area contributed by atoms with Gasteiger partial charge < -0.3 is 14.8 Å². The molecular weight excluding hydrogens is 228 g/mol. The van der Waals surface area contributed by atoms with Gasteiger partial charge in [-0.1, -0.05) is 0 Å². The van der Waals surface area contributed by atoms with Gasteiger partial charge in [-0.2, -0.15) is 0 Å². The van der Waals surface area contributed by atoms with Crippen molar-refractivity contribution in [3.05, 3.63) is 0 Å². The van der Waals surface area contributed by atoms with Crippen LogP contribution in [0.25, 0.3) is 0 Å². The van der Waals surface area contributed by atoms with Crippen molar-refractivity contribution in [1.29, 1.82) is 0 Å². The highest BCUT2D eigenvalue weighted by molar-refractivity contribution is 4.91. The molecule has 0 aromatic heterocycles. The molecule has 2 aliphatic rings. The summed E-state index contributed by atoms with van der Waals surface area (Å²) in [5, 5.41) is 3.66. The molecule has 2 saturated heterocycles. The molecule has 2 heterocycles. The van der Waals surface area contributed by atoms with Crippen LogP contribution in [0.3, 0.4) is 0 Å². The Morgan fingerprint density at radius 3 is 2.89 bits per heavy atom. The van der Waals surface area contributed by atoms with E-state index in [2.05, 4.69) is 10.2 Å². The topological polar surface area (TPSA) is 33.7 Å². The predicted octanol–water partition coefficient (Wildman–Crippen LogP) is 1.26. The van der Waals surface area contributed by atoms with Gasteiger partial charge in [-0.25, -0.2) is 0 Å². The number of ether oxygens (including phenoxy) is 2. The third-order valence-electron chi connectivity index (χ3n) is 4.14. The van der Waals surface area contributed by atoms with Crippen LogP contribution in [0.15, 0.2) is 0 Å². The SMILES string of the molecule is COCCOCCCN1CCCC1C1CCCN1. The van der Waals surface area contributed by atoms with Crippen molar-refractivity contribution in [2.45, 2.75) is 44.2 Å². The van der Waals surface area contributed by atoms with E-state index in [0.717, 1.165) is 31.7 Å². The number of hydrogen-bond acceptors (Lipinski definition) is 4. The van der Waals surface area contributed by atoms with Gasteiger partial charge in [-0.05, 0) is 45.2 Å². The summed E-state index contributed by atoms with van der Waals surface area (Å²) in [6, 6.07) is 1.54. The monoisotopic (exact) mass is 256 g/mol. The van der Waals surface area contributed by atoms with Crippen LogP contribution >= 0.6 is 0 Å². The zero-order valence-corrected chi connectivity index (χ0v) is 11.7. The molecule has 2 atom stereocenters. The van der Waals surface area contributed by atoms with Gasteiger partial charge in [0.25, 0.3) is 0 Å². The van der Waals surface area contributed by atoms with Crippen molar-refractivity contribution in [3.63, 3.8) is 0 Å². The van der Waals surface area contributed by atoms with Gasteiger partial charge in [-0.15, -0.1) is 0 Å². The van der Waals surface area contributed by atoms with Gasteiger partial charge in [0.05, 0.1) is 13.2 Å². The molecule has 0 amide bonds. The first-order chi connectivity index (χ1) is 8.92. The van der Waals surface area contributed by atoms with Crippen molar-refractivity contribution in [1.82, 2.24) is 10.2 Å². The number of nitrogens with zero attached hydrogens (tertiary/aromatic N) is 1. The van der Waals surface area contributed by atoms with Crippen LogP contribution in [0.2, 0.25) is 0 Å². The highest BCUT2D eigenvalue weighted by atomic mass is 16.5. The van der Waals surface area contributed by atoms with Gasteiger partial charge in [0.1, 0.15) is 0 Å². The molecule has 0 aliphatic carbocycles. The summed E-state index contributed by atoms with van der Waals surface area (Å²) in [7, 11) is 1.72. The van der Waals surface area contributed by atoms with E-state index >= 15 is 0 Å². The van der Waals surface area contributed by atoms with Crippen LogP contribution in [0.1, 0.15) is 32.1 Å². The molecule has 1 N–H and O–H groups in total.